The predicted octanol–water partition coefficient (Wildman–Crippen LogP) is 4.63. The van der Waals surface area contributed by atoms with Gasteiger partial charge in [-0.3, -0.25) is 10.1 Å². The first-order valence-corrected chi connectivity index (χ1v) is 5.85. The number of benzene rings is 1. The Hall–Kier alpha value is -1.10. The average Bonchev–Trinajstić information content (AvgIpc) is 2.71. The van der Waals surface area contributed by atoms with Crippen molar-refractivity contribution in [3.63, 3.8) is 0 Å². The van der Waals surface area contributed by atoms with Gasteiger partial charge in [0.05, 0.1) is 15.0 Å². The number of rotatable bonds is 2. The van der Waals surface area contributed by atoms with Crippen LogP contribution in [0.3, 0.4) is 0 Å². The first-order chi connectivity index (χ1) is 7.58. The van der Waals surface area contributed by atoms with Gasteiger partial charge >= 0.3 is 5.00 Å². The van der Waals surface area contributed by atoms with E-state index in [-0.39, 0.29) is 5.00 Å². The molecular weight excluding hydrogens is 269 g/mol. The number of hydrogen-bond acceptors (Lipinski definition) is 3. The Kier molecular flexibility index (Phi) is 3.14. The van der Waals surface area contributed by atoms with Crippen LogP contribution in [0.4, 0.5) is 5.00 Å². The highest BCUT2D eigenvalue weighted by atomic mass is 35.5. The largest absolute Gasteiger partial charge is 0.324 e. The van der Waals surface area contributed by atoms with Gasteiger partial charge in [0.25, 0.3) is 0 Å². The predicted molar refractivity (Wildman–Crippen MR) is 66.4 cm³/mol. The van der Waals surface area contributed by atoms with Gasteiger partial charge in [-0.15, -0.1) is 0 Å². The summed E-state index contributed by atoms with van der Waals surface area (Å²) in [5.74, 6) is 0. The minimum absolute atomic E-state index is 0.112. The Morgan fingerprint density at radius 2 is 1.88 bits per heavy atom. The molecule has 0 saturated heterocycles. The van der Waals surface area contributed by atoms with Gasteiger partial charge in [-0.1, -0.05) is 40.6 Å². The lowest BCUT2D eigenvalue weighted by Crippen LogP contribution is -1.80. The zero-order valence-corrected chi connectivity index (χ0v) is 10.1. The van der Waals surface area contributed by atoms with Crippen molar-refractivity contribution < 1.29 is 4.92 Å². The lowest BCUT2D eigenvalue weighted by molar-refractivity contribution is -0.380. The summed E-state index contributed by atoms with van der Waals surface area (Å²) in [5.41, 5.74) is 0.826. The minimum Gasteiger partial charge on any atom is -0.258 e. The number of nitrogens with zero attached hydrogens (tertiary/aromatic N) is 1. The van der Waals surface area contributed by atoms with Crippen molar-refractivity contribution in [2.24, 2.45) is 0 Å². The lowest BCUT2D eigenvalue weighted by Gasteiger charge is -1.99. The van der Waals surface area contributed by atoms with E-state index < -0.39 is 4.92 Å². The molecule has 0 spiro atoms. The molecule has 0 N–H and O–H groups in total. The summed E-state index contributed by atoms with van der Waals surface area (Å²) in [6.45, 7) is 0. The van der Waals surface area contributed by atoms with Gasteiger partial charge in [0.15, 0.2) is 0 Å². The molecule has 0 aliphatic rings. The average molecular weight is 274 g/mol. The van der Waals surface area contributed by atoms with Crippen molar-refractivity contribution in [3.8, 4) is 10.4 Å². The maximum atomic E-state index is 10.5. The number of nitro groups is 1. The lowest BCUT2D eigenvalue weighted by atomic mass is 10.2. The van der Waals surface area contributed by atoms with E-state index in [0.29, 0.717) is 10.0 Å². The zero-order valence-electron chi connectivity index (χ0n) is 7.81. The van der Waals surface area contributed by atoms with Crippen LogP contribution >= 0.6 is 34.5 Å². The zero-order chi connectivity index (χ0) is 11.7. The fourth-order valence-electron chi connectivity index (χ4n) is 1.23. The van der Waals surface area contributed by atoms with E-state index in [9.17, 15) is 10.1 Å². The fourth-order valence-corrected chi connectivity index (χ4v) is 2.35. The molecule has 1 heterocycles. The van der Waals surface area contributed by atoms with Gasteiger partial charge in [-0.2, -0.15) is 0 Å². The van der Waals surface area contributed by atoms with Gasteiger partial charge < -0.3 is 0 Å². The second-order valence-electron chi connectivity index (χ2n) is 3.02. The molecular formula is C10H5Cl2NO2S. The van der Waals surface area contributed by atoms with Crippen molar-refractivity contribution in [2.75, 3.05) is 0 Å². The molecule has 0 unspecified atom stereocenters. The van der Waals surface area contributed by atoms with Crippen LogP contribution in [0.25, 0.3) is 10.4 Å². The molecule has 0 radical (unpaired) electrons. The van der Waals surface area contributed by atoms with Crippen molar-refractivity contribution >= 4 is 39.5 Å². The van der Waals surface area contributed by atoms with Crippen LogP contribution in [-0.4, -0.2) is 4.92 Å². The Bertz CT molecular complexity index is 554. The van der Waals surface area contributed by atoms with Crippen LogP contribution in [0.2, 0.25) is 10.0 Å². The van der Waals surface area contributed by atoms with Crippen LogP contribution in [0, 0.1) is 10.1 Å². The van der Waals surface area contributed by atoms with Crippen molar-refractivity contribution in [1.29, 1.82) is 0 Å². The summed E-state index contributed by atoms with van der Waals surface area (Å²) in [6, 6.07) is 8.32. The van der Waals surface area contributed by atoms with E-state index in [1.54, 1.807) is 24.3 Å². The third-order valence-electron chi connectivity index (χ3n) is 1.98. The van der Waals surface area contributed by atoms with Crippen molar-refractivity contribution in [2.45, 2.75) is 0 Å². The molecule has 82 valence electrons. The van der Waals surface area contributed by atoms with E-state index in [0.717, 1.165) is 21.8 Å². The summed E-state index contributed by atoms with van der Waals surface area (Å²) in [5, 5.41) is 11.6. The third-order valence-corrected chi connectivity index (χ3v) is 3.80. The Labute approximate surface area is 105 Å². The molecule has 2 aromatic rings. The molecule has 6 heteroatoms. The van der Waals surface area contributed by atoms with Gasteiger partial charge in [0.1, 0.15) is 0 Å². The van der Waals surface area contributed by atoms with Crippen LogP contribution in [0.1, 0.15) is 0 Å². The van der Waals surface area contributed by atoms with Crippen LogP contribution in [0.5, 0.6) is 0 Å². The molecule has 0 aliphatic heterocycles. The molecule has 0 fully saturated rings. The quantitative estimate of drug-likeness (QED) is 0.591. The summed E-state index contributed by atoms with van der Waals surface area (Å²) in [6.07, 6.45) is 0. The molecule has 0 bridgehead atoms. The second kappa shape index (κ2) is 4.41. The molecule has 1 aromatic heterocycles. The third kappa shape index (κ3) is 2.19. The Morgan fingerprint density at radius 3 is 2.44 bits per heavy atom. The summed E-state index contributed by atoms with van der Waals surface area (Å²) < 4.78 is 0. The maximum Gasteiger partial charge on any atom is 0.324 e. The van der Waals surface area contributed by atoms with Crippen LogP contribution < -0.4 is 0 Å². The molecule has 0 aliphatic carbocycles. The molecule has 1 aromatic carbocycles. The first-order valence-electron chi connectivity index (χ1n) is 4.27. The molecule has 0 atom stereocenters. The summed E-state index contributed by atoms with van der Waals surface area (Å²) in [7, 11) is 0. The first kappa shape index (κ1) is 11.4. The summed E-state index contributed by atoms with van der Waals surface area (Å²) >= 11 is 12.8. The van der Waals surface area contributed by atoms with Gasteiger partial charge in [0, 0.05) is 10.9 Å². The second-order valence-corrected chi connectivity index (χ2v) is 4.90. The van der Waals surface area contributed by atoms with E-state index >= 15 is 0 Å². The van der Waals surface area contributed by atoms with Crippen LogP contribution in [0.15, 0.2) is 30.3 Å². The highest BCUT2D eigenvalue weighted by Crippen LogP contribution is 2.35. The SMILES string of the molecule is O=[N+]([O-])c1ccc(-c2ccc(Cl)c(Cl)c2)s1. The van der Waals surface area contributed by atoms with Gasteiger partial charge in [0.2, 0.25) is 0 Å². The standard InChI is InChI=1S/C10H5Cl2NO2S/c11-7-2-1-6(5-8(7)12)9-3-4-10(16-9)13(14)15/h1-5H. The van der Waals surface area contributed by atoms with Crippen molar-refractivity contribution in [1.82, 2.24) is 0 Å². The highest BCUT2D eigenvalue weighted by Gasteiger charge is 2.11. The topological polar surface area (TPSA) is 43.1 Å². The smallest absolute Gasteiger partial charge is 0.258 e. The Balaban J connectivity index is 2.42. The fraction of sp³-hybridized carbons (Fsp3) is 0. The Morgan fingerprint density at radius 1 is 1.12 bits per heavy atom. The summed E-state index contributed by atoms with van der Waals surface area (Å²) in [4.78, 5) is 10.9. The molecule has 16 heavy (non-hydrogen) atoms. The molecule has 2 rings (SSSR count). The number of thiophene rings is 1. The van der Waals surface area contributed by atoms with E-state index in [4.69, 9.17) is 23.2 Å². The molecule has 0 amide bonds. The maximum absolute atomic E-state index is 10.5. The highest BCUT2D eigenvalue weighted by molar-refractivity contribution is 7.18. The van der Waals surface area contributed by atoms with Gasteiger partial charge in [-0.25, -0.2) is 0 Å². The van der Waals surface area contributed by atoms with E-state index in [1.165, 1.54) is 6.07 Å². The molecule has 3 nitrogen and oxygen atoms in total. The van der Waals surface area contributed by atoms with E-state index in [1.807, 2.05) is 0 Å². The molecule has 0 saturated carbocycles. The minimum atomic E-state index is -0.411. The van der Waals surface area contributed by atoms with Crippen LogP contribution in [-0.2, 0) is 0 Å². The van der Waals surface area contributed by atoms with Crippen molar-refractivity contribution in [3.05, 3.63) is 50.5 Å². The van der Waals surface area contributed by atoms with Gasteiger partial charge in [-0.05, 0) is 23.8 Å². The number of halogens is 2. The number of hydrogen-bond donors (Lipinski definition) is 0. The van der Waals surface area contributed by atoms with E-state index in [2.05, 4.69) is 0 Å². The normalized spacial score (nSPS) is 10.4. The monoisotopic (exact) mass is 273 g/mol.